The van der Waals surface area contributed by atoms with E-state index in [0.29, 0.717) is 12.5 Å². The molecule has 1 aromatic heterocycles. The van der Waals surface area contributed by atoms with Gasteiger partial charge in [-0.2, -0.15) is 0 Å². The van der Waals surface area contributed by atoms with Gasteiger partial charge in [0, 0.05) is 30.3 Å². The molecule has 2 N–H and O–H groups in total. The average molecular weight is 344 g/mol. The van der Waals surface area contributed by atoms with E-state index in [1.165, 1.54) is 12.8 Å². The zero-order valence-corrected chi connectivity index (χ0v) is 14.8. The van der Waals surface area contributed by atoms with Crippen LogP contribution in [0.4, 0.5) is 5.69 Å². The van der Waals surface area contributed by atoms with Crippen molar-refractivity contribution >= 4 is 23.4 Å². The molecule has 0 saturated carbocycles. The number of piperidine rings is 1. The van der Waals surface area contributed by atoms with Crippen LogP contribution < -0.4 is 5.32 Å². The van der Waals surface area contributed by atoms with Crippen LogP contribution >= 0.6 is 11.8 Å². The Morgan fingerprint density at radius 2 is 2.29 bits per heavy atom. The van der Waals surface area contributed by atoms with Crippen molar-refractivity contribution in [3.8, 4) is 0 Å². The summed E-state index contributed by atoms with van der Waals surface area (Å²) < 4.78 is 0. The lowest BCUT2D eigenvalue weighted by Crippen LogP contribution is -2.36. The highest BCUT2D eigenvalue weighted by atomic mass is 32.2. The van der Waals surface area contributed by atoms with Crippen LogP contribution in [0.15, 0.2) is 41.6 Å². The number of para-hydroxylation sites is 1. The van der Waals surface area contributed by atoms with Gasteiger partial charge in [0.1, 0.15) is 5.82 Å². The summed E-state index contributed by atoms with van der Waals surface area (Å²) in [7, 11) is 0. The molecule has 128 valence electrons. The summed E-state index contributed by atoms with van der Waals surface area (Å²) in [5.41, 5.74) is 0.899. The molecule has 1 aliphatic heterocycles. The van der Waals surface area contributed by atoms with E-state index in [2.05, 4.69) is 20.2 Å². The van der Waals surface area contributed by atoms with E-state index >= 15 is 0 Å². The van der Waals surface area contributed by atoms with Crippen molar-refractivity contribution in [2.24, 2.45) is 0 Å². The molecule has 1 unspecified atom stereocenters. The summed E-state index contributed by atoms with van der Waals surface area (Å²) in [6.45, 7) is 1.79. The molecule has 0 radical (unpaired) electrons. The second-order valence-corrected chi connectivity index (χ2v) is 6.87. The molecule has 1 atom stereocenters. The molecule has 5 nitrogen and oxygen atoms in total. The number of nitrogens with zero attached hydrogens (tertiary/aromatic N) is 2. The molecule has 1 saturated heterocycles. The van der Waals surface area contributed by atoms with Crippen LogP contribution in [0.2, 0.25) is 0 Å². The maximum atomic E-state index is 12.3. The van der Waals surface area contributed by atoms with Crippen LogP contribution in [0.1, 0.15) is 37.5 Å². The van der Waals surface area contributed by atoms with Crippen LogP contribution in [-0.2, 0) is 4.79 Å². The van der Waals surface area contributed by atoms with Gasteiger partial charge >= 0.3 is 0 Å². The SMILES string of the molecule is CSc1ccccc1NC(=O)CCN1CCCCC1c1ncc[nH]1. The topological polar surface area (TPSA) is 61.0 Å². The number of benzene rings is 1. The fourth-order valence-corrected chi connectivity index (χ4v) is 3.79. The minimum Gasteiger partial charge on any atom is -0.347 e. The van der Waals surface area contributed by atoms with E-state index in [1.54, 1.807) is 18.0 Å². The Labute approximate surface area is 147 Å². The third kappa shape index (κ3) is 4.19. The molecule has 1 amide bonds. The number of hydrogen-bond acceptors (Lipinski definition) is 4. The number of thioether (sulfide) groups is 1. The van der Waals surface area contributed by atoms with Crippen molar-refractivity contribution in [2.45, 2.75) is 36.6 Å². The van der Waals surface area contributed by atoms with E-state index in [-0.39, 0.29) is 5.91 Å². The molecule has 1 fully saturated rings. The van der Waals surface area contributed by atoms with Crippen LogP contribution in [0, 0.1) is 0 Å². The second kappa shape index (κ2) is 8.35. The maximum absolute atomic E-state index is 12.3. The summed E-state index contributed by atoms with van der Waals surface area (Å²) in [6.07, 6.45) is 9.70. The van der Waals surface area contributed by atoms with Gasteiger partial charge < -0.3 is 10.3 Å². The largest absolute Gasteiger partial charge is 0.347 e. The number of hydrogen-bond donors (Lipinski definition) is 2. The van der Waals surface area contributed by atoms with Gasteiger partial charge in [0.25, 0.3) is 0 Å². The number of H-pyrrole nitrogens is 1. The van der Waals surface area contributed by atoms with Crippen LogP contribution in [0.25, 0.3) is 0 Å². The van der Waals surface area contributed by atoms with Crippen molar-refractivity contribution in [1.29, 1.82) is 0 Å². The van der Waals surface area contributed by atoms with E-state index in [9.17, 15) is 4.79 Å². The number of nitrogens with one attached hydrogen (secondary N) is 2. The zero-order chi connectivity index (χ0) is 16.8. The highest BCUT2D eigenvalue weighted by Crippen LogP contribution is 2.29. The Kier molecular flexibility index (Phi) is 5.93. The van der Waals surface area contributed by atoms with Crippen molar-refractivity contribution < 1.29 is 4.79 Å². The first kappa shape index (κ1) is 17.0. The fourth-order valence-electron chi connectivity index (χ4n) is 3.23. The molecule has 6 heteroatoms. The predicted molar refractivity (Wildman–Crippen MR) is 98.2 cm³/mol. The molecule has 1 aliphatic rings. The molecule has 0 bridgehead atoms. The molecule has 2 aromatic rings. The molecule has 3 rings (SSSR count). The Morgan fingerprint density at radius 1 is 1.42 bits per heavy atom. The molecular formula is C18H24N4OS. The first-order valence-corrected chi connectivity index (χ1v) is 9.66. The van der Waals surface area contributed by atoms with Crippen LogP contribution in [0.3, 0.4) is 0 Å². The average Bonchev–Trinajstić information content (AvgIpc) is 3.15. The minimum atomic E-state index is 0.0697. The third-order valence-corrected chi connectivity index (χ3v) is 5.25. The van der Waals surface area contributed by atoms with E-state index in [1.807, 2.05) is 36.7 Å². The standard InChI is InChI=1S/C18H24N4OS/c1-24-16-8-3-2-6-14(16)21-17(23)9-13-22-12-5-4-7-15(22)18-19-10-11-20-18/h2-3,6,8,10-11,15H,4-5,7,9,12-13H2,1H3,(H,19,20)(H,21,23). The van der Waals surface area contributed by atoms with Crippen molar-refractivity contribution in [3.05, 3.63) is 42.5 Å². The first-order valence-electron chi connectivity index (χ1n) is 8.44. The van der Waals surface area contributed by atoms with Gasteiger partial charge in [-0.05, 0) is 37.8 Å². The number of carbonyl (C=O) groups is 1. The van der Waals surface area contributed by atoms with Gasteiger partial charge in [-0.1, -0.05) is 18.6 Å². The highest BCUT2D eigenvalue weighted by Gasteiger charge is 2.25. The Bertz CT molecular complexity index is 659. The molecular weight excluding hydrogens is 320 g/mol. The van der Waals surface area contributed by atoms with Gasteiger partial charge in [-0.15, -0.1) is 11.8 Å². The third-order valence-electron chi connectivity index (χ3n) is 4.46. The molecule has 24 heavy (non-hydrogen) atoms. The summed E-state index contributed by atoms with van der Waals surface area (Å²) in [4.78, 5) is 23.4. The molecule has 0 spiro atoms. The fraction of sp³-hybridized carbons (Fsp3) is 0.444. The van der Waals surface area contributed by atoms with E-state index in [4.69, 9.17) is 0 Å². The van der Waals surface area contributed by atoms with E-state index in [0.717, 1.165) is 35.9 Å². The van der Waals surface area contributed by atoms with Gasteiger partial charge in [-0.25, -0.2) is 4.98 Å². The van der Waals surface area contributed by atoms with Crippen LogP contribution in [0.5, 0.6) is 0 Å². The molecule has 2 heterocycles. The number of rotatable bonds is 6. The number of aromatic amines is 1. The van der Waals surface area contributed by atoms with Gasteiger partial charge in [0.15, 0.2) is 0 Å². The normalized spacial score (nSPS) is 18.5. The second-order valence-electron chi connectivity index (χ2n) is 6.02. The van der Waals surface area contributed by atoms with Gasteiger partial charge in [0.05, 0.1) is 11.7 Å². The van der Waals surface area contributed by atoms with Crippen molar-refractivity contribution in [2.75, 3.05) is 24.7 Å². The quantitative estimate of drug-likeness (QED) is 0.785. The molecule has 0 aliphatic carbocycles. The smallest absolute Gasteiger partial charge is 0.225 e. The van der Waals surface area contributed by atoms with E-state index < -0.39 is 0 Å². The summed E-state index contributed by atoms with van der Waals surface area (Å²) in [5.74, 6) is 1.09. The molecule has 1 aromatic carbocycles. The Balaban J connectivity index is 1.57. The highest BCUT2D eigenvalue weighted by molar-refractivity contribution is 7.98. The lowest BCUT2D eigenvalue weighted by molar-refractivity contribution is -0.116. The monoisotopic (exact) mass is 344 g/mol. The number of likely N-dealkylation sites (tertiary alicyclic amines) is 1. The van der Waals surface area contributed by atoms with Gasteiger partial charge in [-0.3, -0.25) is 9.69 Å². The first-order chi connectivity index (χ1) is 11.8. The summed E-state index contributed by atoms with van der Waals surface area (Å²) >= 11 is 1.64. The van der Waals surface area contributed by atoms with Gasteiger partial charge in [0.2, 0.25) is 5.91 Å². The number of amides is 1. The number of imidazole rings is 1. The number of aromatic nitrogens is 2. The number of carbonyl (C=O) groups excluding carboxylic acids is 1. The Hall–Kier alpha value is -1.79. The number of anilines is 1. The van der Waals surface area contributed by atoms with Crippen molar-refractivity contribution in [1.82, 2.24) is 14.9 Å². The Morgan fingerprint density at radius 3 is 3.08 bits per heavy atom. The lowest BCUT2D eigenvalue weighted by Gasteiger charge is -2.34. The summed E-state index contributed by atoms with van der Waals surface area (Å²) in [5, 5.41) is 3.04. The summed E-state index contributed by atoms with van der Waals surface area (Å²) in [6, 6.07) is 8.23. The zero-order valence-electron chi connectivity index (χ0n) is 14.0. The maximum Gasteiger partial charge on any atom is 0.225 e. The predicted octanol–water partition coefficient (Wildman–Crippen LogP) is 3.69. The minimum absolute atomic E-state index is 0.0697. The lowest BCUT2D eigenvalue weighted by atomic mass is 10.0. The van der Waals surface area contributed by atoms with Crippen LogP contribution in [-0.4, -0.2) is 40.1 Å². The van der Waals surface area contributed by atoms with Crippen molar-refractivity contribution in [3.63, 3.8) is 0 Å².